The van der Waals surface area contributed by atoms with Crippen LogP contribution < -0.4 is 5.32 Å². The summed E-state index contributed by atoms with van der Waals surface area (Å²) in [5.41, 5.74) is -0.904. The molecule has 2 saturated carbocycles. The van der Waals surface area contributed by atoms with E-state index >= 15 is 0 Å². The van der Waals surface area contributed by atoms with Gasteiger partial charge in [0.25, 0.3) is 0 Å². The summed E-state index contributed by atoms with van der Waals surface area (Å²) in [7, 11) is 0. The van der Waals surface area contributed by atoms with Crippen LogP contribution in [0.15, 0.2) is 29.3 Å². The number of alkyl halides is 3. The lowest BCUT2D eigenvalue weighted by molar-refractivity contribution is -0.141. The van der Waals surface area contributed by atoms with Crippen LogP contribution in [0.2, 0.25) is 0 Å². The second-order valence-corrected chi connectivity index (χ2v) is 7.55. The number of aliphatic imine (C=N–C) groups is 1. The van der Waals surface area contributed by atoms with Crippen molar-refractivity contribution < 1.29 is 27.6 Å². The van der Waals surface area contributed by atoms with Crippen molar-refractivity contribution in [3.63, 3.8) is 0 Å². The number of urea groups is 1. The molecule has 2 aliphatic carbocycles. The summed E-state index contributed by atoms with van der Waals surface area (Å²) in [6.07, 6.45) is 0.232. The Hall–Kier alpha value is -2.71. The molecule has 3 aliphatic rings. The molecule has 0 unspecified atom stereocenters. The van der Waals surface area contributed by atoms with Crippen LogP contribution >= 0.6 is 0 Å². The van der Waals surface area contributed by atoms with E-state index in [1.165, 1.54) is 12.1 Å². The van der Waals surface area contributed by atoms with Gasteiger partial charge in [-0.05, 0) is 49.3 Å². The molecule has 0 radical (unpaired) electrons. The van der Waals surface area contributed by atoms with Crippen LogP contribution in [0.25, 0.3) is 0 Å². The molecule has 1 heterocycles. The highest BCUT2D eigenvalue weighted by Gasteiger charge is 2.50. The lowest BCUT2D eigenvalue weighted by Crippen LogP contribution is -2.62. The molecule has 6 nitrogen and oxygen atoms in total. The highest BCUT2D eigenvalue weighted by atomic mass is 19.4. The van der Waals surface area contributed by atoms with Gasteiger partial charge in [0.2, 0.25) is 11.8 Å². The van der Waals surface area contributed by atoms with Crippen molar-refractivity contribution >= 4 is 29.7 Å². The lowest BCUT2D eigenvalue weighted by atomic mass is 9.92. The van der Waals surface area contributed by atoms with E-state index < -0.39 is 35.5 Å². The highest BCUT2D eigenvalue weighted by Crippen LogP contribution is 2.47. The molecule has 1 N–H and O–H groups in total. The van der Waals surface area contributed by atoms with Crippen molar-refractivity contribution in [2.45, 2.75) is 37.9 Å². The zero-order chi connectivity index (χ0) is 20.1. The van der Waals surface area contributed by atoms with E-state index in [9.17, 15) is 27.6 Å². The van der Waals surface area contributed by atoms with E-state index in [4.69, 9.17) is 0 Å². The fourth-order valence-electron chi connectivity index (χ4n) is 4.50. The average molecular weight is 393 g/mol. The number of imide groups is 2. The lowest BCUT2D eigenvalue weighted by Gasteiger charge is -2.36. The number of carbonyl (C=O) groups is 3. The Kier molecular flexibility index (Phi) is 4.47. The number of hydrogen-bond acceptors (Lipinski definition) is 4. The first-order chi connectivity index (χ1) is 13.2. The fraction of sp³-hybridized carbons (Fsp3) is 0.474. The number of carbonyl (C=O) groups excluding carboxylic acids is 3. The van der Waals surface area contributed by atoms with Crippen LogP contribution in [-0.4, -0.2) is 35.0 Å². The second-order valence-electron chi connectivity index (χ2n) is 7.55. The van der Waals surface area contributed by atoms with Gasteiger partial charge in [0.1, 0.15) is 0 Å². The minimum Gasteiger partial charge on any atom is -0.277 e. The summed E-state index contributed by atoms with van der Waals surface area (Å²) >= 11 is 0. The third-order valence-corrected chi connectivity index (χ3v) is 5.81. The molecule has 3 fully saturated rings. The normalized spacial score (nSPS) is 30.4. The SMILES string of the molecule is O=C1NC(=O)N([C@H]2C[C@H]3CC[C@H]2C3)C(=O)[C@@H]1C=Nc1cccc(C(F)(F)F)c1. The third kappa shape index (κ3) is 3.29. The van der Waals surface area contributed by atoms with Crippen LogP contribution in [0.5, 0.6) is 0 Å². The van der Waals surface area contributed by atoms with Crippen LogP contribution in [0, 0.1) is 17.8 Å². The predicted molar refractivity (Wildman–Crippen MR) is 92.7 cm³/mol. The molecular formula is C19H18F3N3O3. The number of rotatable bonds is 3. The van der Waals surface area contributed by atoms with Crippen molar-refractivity contribution in [1.29, 1.82) is 0 Å². The smallest absolute Gasteiger partial charge is 0.277 e. The summed E-state index contributed by atoms with van der Waals surface area (Å²) < 4.78 is 38.4. The van der Waals surface area contributed by atoms with Crippen LogP contribution in [0.4, 0.5) is 23.7 Å². The van der Waals surface area contributed by atoms with E-state index in [0.717, 1.165) is 48.9 Å². The Morgan fingerprint density at radius 3 is 2.57 bits per heavy atom. The van der Waals surface area contributed by atoms with Crippen LogP contribution in [0.1, 0.15) is 31.2 Å². The quantitative estimate of drug-likeness (QED) is 0.632. The number of nitrogens with one attached hydrogen (secondary N) is 1. The Bertz CT molecular complexity index is 867. The third-order valence-electron chi connectivity index (χ3n) is 5.81. The number of fused-ring (bicyclic) bond motifs is 2. The average Bonchev–Trinajstić information content (AvgIpc) is 3.24. The predicted octanol–water partition coefficient (Wildman–Crippen LogP) is 3.29. The van der Waals surface area contributed by atoms with Gasteiger partial charge in [-0.2, -0.15) is 13.2 Å². The largest absolute Gasteiger partial charge is 0.416 e. The van der Waals surface area contributed by atoms with Gasteiger partial charge in [-0.3, -0.25) is 24.8 Å². The Morgan fingerprint density at radius 2 is 1.93 bits per heavy atom. The minimum atomic E-state index is -4.52. The van der Waals surface area contributed by atoms with E-state index in [2.05, 4.69) is 10.3 Å². The van der Waals surface area contributed by atoms with Gasteiger partial charge in [0.05, 0.1) is 11.3 Å². The first-order valence-electron chi connectivity index (χ1n) is 9.13. The Morgan fingerprint density at radius 1 is 1.14 bits per heavy atom. The van der Waals surface area contributed by atoms with Crippen molar-refractivity contribution in [2.24, 2.45) is 22.7 Å². The van der Waals surface area contributed by atoms with Crippen molar-refractivity contribution in [1.82, 2.24) is 10.2 Å². The molecule has 1 aromatic rings. The van der Waals surface area contributed by atoms with Gasteiger partial charge >= 0.3 is 12.2 Å². The topological polar surface area (TPSA) is 78.8 Å². The molecule has 4 amide bonds. The maximum absolute atomic E-state index is 12.8. The zero-order valence-corrected chi connectivity index (χ0v) is 14.8. The minimum absolute atomic E-state index is 0.0289. The molecule has 0 aromatic heterocycles. The van der Waals surface area contributed by atoms with E-state index in [-0.39, 0.29) is 17.6 Å². The molecule has 1 saturated heterocycles. The van der Waals surface area contributed by atoms with E-state index in [0.29, 0.717) is 5.92 Å². The molecule has 9 heteroatoms. The fourth-order valence-corrected chi connectivity index (χ4v) is 4.50. The number of amides is 4. The van der Waals surface area contributed by atoms with Gasteiger partial charge in [0.15, 0.2) is 5.92 Å². The van der Waals surface area contributed by atoms with E-state index in [1.807, 2.05) is 0 Å². The van der Waals surface area contributed by atoms with Crippen molar-refractivity contribution in [3.8, 4) is 0 Å². The first kappa shape index (κ1) is 18.6. The van der Waals surface area contributed by atoms with Crippen LogP contribution in [-0.2, 0) is 15.8 Å². The monoisotopic (exact) mass is 393 g/mol. The number of barbiturate groups is 1. The van der Waals surface area contributed by atoms with E-state index in [1.54, 1.807) is 0 Å². The molecule has 1 aromatic carbocycles. The van der Waals surface area contributed by atoms with Crippen molar-refractivity contribution in [3.05, 3.63) is 29.8 Å². The molecule has 28 heavy (non-hydrogen) atoms. The van der Waals surface area contributed by atoms with Gasteiger partial charge in [-0.15, -0.1) is 0 Å². The molecule has 148 valence electrons. The van der Waals surface area contributed by atoms with Gasteiger partial charge in [-0.1, -0.05) is 12.5 Å². The number of halogens is 3. The number of benzene rings is 1. The summed E-state index contributed by atoms with van der Waals surface area (Å²) in [5.74, 6) is -2.09. The molecule has 0 spiro atoms. The molecular weight excluding hydrogens is 375 g/mol. The summed E-state index contributed by atoms with van der Waals surface area (Å²) in [6, 6.07) is 3.33. The van der Waals surface area contributed by atoms with Gasteiger partial charge in [0, 0.05) is 12.3 Å². The second kappa shape index (κ2) is 6.72. The van der Waals surface area contributed by atoms with Gasteiger partial charge in [-0.25, -0.2) is 4.79 Å². The molecule has 4 atom stereocenters. The Balaban J connectivity index is 1.55. The summed E-state index contributed by atoms with van der Waals surface area (Å²) in [5, 5.41) is 2.17. The van der Waals surface area contributed by atoms with Crippen LogP contribution in [0.3, 0.4) is 0 Å². The van der Waals surface area contributed by atoms with Crippen molar-refractivity contribution in [2.75, 3.05) is 0 Å². The zero-order valence-electron chi connectivity index (χ0n) is 14.8. The summed E-state index contributed by atoms with van der Waals surface area (Å²) in [4.78, 5) is 42.2. The van der Waals surface area contributed by atoms with Gasteiger partial charge < -0.3 is 0 Å². The maximum atomic E-state index is 12.8. The first-order valence-corrected chi connectivity index (χ1v) is 9.13. The number of hydrogen-bond donors (Lipinski definition) is 1. The Labute approximate surface area is 158 Å². The highest BCUT2D eigenvalue weighted by molar-refractivity contribution is 6.23. The maximum Gasteiger partial charge on any atom is 0.416 e. The molecule has 2 bridgehead atoms. The molecule has 1 aliphatic heterocycles. The summed E-state index contributed by atoms with van der Waals surface area (Å²) in [6.45, 7) is 0. The number of nitrogens with zero attached hydrogens (tertiary/aromatic N) is 2. The molecule has 4 rings (SSSR count). The standard InChI is InChI=1S/C19H18F3N3O3/c20-19(21,22)12-2-1-3-13(8-12)23-9-14-16(26)24-18(28)25(17(14)27)15-7-10-4-5-11(15)6-10/h1-3,8-11,14-15H,4-7H2,(H,24,26,28)/t10-,11-,14+,15-/m0/s1.